The van der Waals surface area contributed by atoms with Crippen LogP contribution in [0.4, 0.5) is 5.69 Å². The molecular formula is C15H21ClN2O3. The predicted octanol–water partition coefficient (Wildman–Crippen LogP) is 3.16. The van der Waals surface area contributed by atoms with Crippen molar-refractivity contribution in [2.45, 2.75) is 39.2 Å². The standard InChI is InChI=1S/C15H21ClN2O3/c1-9(4-3-5-10(2)17)15(19)18-12-7-14-13(6-11(12)16)20-8-21-14/h6-7,9-10H,3-5,8,17H2,1-2H3,(H,18,19). The van der Waals surface area contributed by atoms with Gasteiger partial charge in [-0.25, -0.2) is 0 Å². The van der Waals surface area contributed by atoms with Crippen molar-refractivity contribution in [3.05, 3.63) is 17.2 Å². The highest BCUT2D eigenvalue weighted by atomic mass is 35.5. The van der Waals surface area contributed by atoms with Gasteiger partial charge in [0.2, 0.25) is 12.7 Å². The minimum Gasteiger partial charge on any atom is -0.454 e. The Morgan fingerprint density at radius 2 is 2.00 bits per heavy atom. The summed E-state index contributed by atoms with van der Waals surface area (Å²) in [5, 5.41) is 3.28. The predicted molar refractivity (Wildman–Crippen MR) is 82.9 cm³/mol. The van der Waals surface area contributed by atoms with E-state index in [1.54, 1.807) is 12.1 Å². The van der Waals surface area contributed by atoms with Gasteiger partial charge in [0.1, 0.15) is 0 Å². The number of ether oxygens (including phenoxy) is 2. The summed E-state index contributed by atoms with van der Waals surface area (Å²) in [5.74, 6) is 1.05. The molecule has 6 heteroatoms. The Morgan fingerprint density at radius 3 is 2.67 bits per heavy atom. The molecule has 0 spiro atoms. The van der Waals surface area contributed by atoms with Crippen LogP contribution in [-0.2, 0) is 4.79 Å². The molecule has 0 fully saturated rings. The topological polar surface area (TPSA) is 73.6 Å². The first kappa shape index (κ1) is 15.9. The normalized spacial score (nSPS) is 15.6. The zero-order valence-electron chi connectivity index (χ0n) is 12.3. The van der Waals surface area contributed by atoms with Gasteiger partial charge in [-0.05, 0) is 19.8 Å². The Kier molecular flexibility index (Phi) is 5.31. The molecule has 2 rings (SSSR count). The Hall–Kier alpha value is -1.46. The maximum Gasteiger partial charge on any atom is 0.231 e. The summed E-state index contributed by atoms with van der Waals surface area (Å²) < 4.78 is 10.5. The van der Waals surface area contributed by atoms with Crippen LogP contribution in [0.3, 0.4) is 0 Å². The number of nitrogens with two attached hydrogens (primary N) is 1. The molecule has 0 radical (unpaired) electrons. The van der Waals surface area contributed by atoms with Crippen LogP contribution < -0.4 is 20.5 Å². The third kappa shape index (κ3) is 4.25. The average Bonchev–Trinajstić information content (AvgIpc) is 2.85. The molecule has 1 heterocycles. The minimum atomic E-state index is -0.0924. The number of anilines is 1. The lowest BCUT2D eigenvalue weighted by Crippen LogP contribution is -2.21. The number of carbonyl (C=O) groups excluding carboxylic acids is 1. The Bertz CT molecular complexity index is 520. The molecule has 0 aromatic heterocycles. The largest absolute Gasteiger partial charge is 0.454 e. The Labute approximate surface area is 129 Å². The van der Waals surface area contributed by atoms with Crippen molar-refractivity contribution >= 4 is 23.2 Å². The maximum atomic E-state index is 12.2. The molecule has 2 atom stereocenters. The summed E-state index contributed by atoms with van der Waals surface area (Å²) in [6.45, 7) is 4.05. The van der Waals surface area contributed by atoms with Gasteiger partial charge in [0, 0.05) is 24.1 Å². The highest BCUT2D eigenvalue weighted by Gasteiger charge is 2.19. The highest BCUT2D eigenvalue weighted by molar-refractivity contribution is 6.34. The van der Waals surface area contributed by atoms with E-state index < -0.39 is 0 Å². The van der Waals surface area contributed by atoms with Gasteiger partial charge < -0.3 is 20.5 Å². The Morgan fingerprint density at radius 1 is 1.33 bits per heavy atom. The van der Waals surface area contributed by atoms with Crippen LogP contribution >= 0.6 is 11.6 Å². The van der Waals surface area contributed by atoms with E-state index in [4.69, 9.17) is 26.8 Å². The van der Waals surface area contributed by atoms with Crippen LogP contribution in [0.1, 0.15) is 33.1 Å². The molecule has 1 aromatic rings. The van der Waals surface area contributed by atoms with E-state index in [2.05, 4.69) is 5.32 Å². The smallest absolute Gasteiger partial charge is 0.231 e. The van der Waals surface area contributed by atoms with E-state index in [0.29, 0.717) is 22.2 Å². The highest BCUT2D eigenvalue weighted by Crippen LogP contribution is 2.39. The lowest BCUT2D eigenvalue weighted by atomic mass is 10.0. The molecule has 1 aliphatic heterocycles. The average molecular weight is 313 g/mol. The maximum absolute atomic E-state index is 12.2. The van der Waals surface area contributed by atoms with Gasteiger partial charge >= 0.3 is 0 Å². The van der Waals surface area contributed by atoms with E-state index >= 15 is 0 Å². The van der Waals surface area contributed by atoms with Crippen molar-refractivity contribution in [1.82, 2.24) is 0 Å². The van der Waals surface area contributed by atoms with Gasteiger partial charge in [-0.15, -0.1) is 0 Å². The van der Waals surface area contributed by atoms with Crippen molar-refractivity contribution in [1.29, 1.82) is 0 Å². The zero-order valence-corrected chi connectivity index (χ0v) is 13.1. The van der Waals surface area contributed by atoms with Crippen molar-refractivity contribution in [3.8, 4) is 11.5 Å². The molecule has 21 heavy (non-hydrogen) atoms. The van der Waals surface area contributed by atoms with Crippen LogP contribution in [0.25, 0.3) is 0 Å². The molecular weight excluding hydrogens is 292 g/mol. The summed E-state index contributed by atoms with van der Waals surface area (Å²) in [7, 11) is 0. The molecule has 5 nitrogen and oxygen atoms in total. The third-order valence-corrected chi connectivity index (χ3v) is 3.78. The number of hydrogen-bond acceptors (Lipinski definition) is 4. The van der Waals surface area contributed by atoms with Crippen LogP contribution in [-0.4, -0.2) is 18.7 Å². The summed E-state index contributed by atoms with van der Waals surface area (Å²) in [4.78, 5) is 12.2. The molecule has 0 saturated heterocycles. The molecule has 2 unspecified atom stereocenters. The number of rotatable bonds is 6. The monoisotopic (exact) mass is 312 g/mol. The van der Waals surface area contributed by atoms with Gasteiger partial charge in [0.05, 0.1) is 10.7 Å². The molecule has 3 N–H and O–H groups in total. The van der Waals surface area contributed by atoms with Crippen LogP contribution in [0.5, 0.6) is 11.5 Å². The van der Waals surface area contributed by atoms with E-state index in [-0.39, 0.29) is 24.7 Å². The lowest BCUT2D eigenvalue weighted by molar-refractivity contribution is -0.119. The second kappa shape index (κ2) is 7.00. The molecule has 0 aliphatic carbocycles. The molecule has 1 amide bonds. The van der Waals surface area contributed by atoms with E-state index in [9.17, 15) is 4.79 Å². The molecule has 0 bridgehead atoms. The minimum absolute atomic E-state index is 0.0551. The van der Waals surface area contributed by atoms with Crippen molar-refractivity contribution in [3.63, 3.8) is 0 Å². The number of halogens is 1. The van der Waals surface area contributed by atoms with Gasteiger partial charge in [-0.2, -0.15) is 0 Å². The van der Waals surface area contributed by atoms with Crippen LogP contribution in [0.15, 0.2) is 12.1 Å². The summed E-state index contributed by atoms with van der Waals surface area (Å²) in [5.41, 5.74) is 6.25. The zero-order chi connectivity index (χ0) is 15.4. The molecule has 1 aromatic carbocycles. The fourth-order valence-electron chi connectivity index (χ4n) is 2.15. The van der Waals surface area contributed by atoms with E-state index in [1.165, 1.54) is 0 Å². The number of fused-ring (bicyclic) bond motifs is 1. The van der Waals surface area contributed by atoms with Crippen molar-refractivity contribution < 1.29 is 14.3 Å². The summed E-state index contributed by atoms with van der Waals surface area (Å²) in [6.07, 6.45) is 2.65. The van der Waals surface area contributed by atoms with Gasteiger partial charge in [-0.1, -0.05) is 24.9 Å². The molecule has 1 aliphatic rings. The fraction of sp³-hybridized carbons (Fsp3) is 0.533. The van der Waals surface area contributed by atoms with Crippen LogP contribution in [0.2, 0.25) is 5.02 Å². The second-order valence-corrected chi connectivity index (χ2v) is 5.89. The van der Waals surface area contributed by atoms with E-state index in [1.807, 2.05) is 13.8 Å². The quantitative estimate of drug-likeness (QED) is 0.846. The van der Waals surface area contributed by atoms with E-state index in [0.717, 1.165) is 19.3 Å². The number of nitrogens with one attached hydrogen (secondary N) is 1. The summed E-state index contributed by atoms with van der Waals surface area (Å²) >= 11 is 6.14. The number of amides is 1. The Balaban J connectivity index is 1.93. The van der Waals surface area contributed by atoms with Gasteiger partial charge in [0.15, 0.2) is 11.5 Å². The first-order valence-electron chi connectivity index (χ1n) is 7.13. The number of benzene rings is 1. The fourth-order valence-corrected chi connectivity index (χ4v) is 2.35. The third-order valence-electron chi connectivity index (χ3n) is 3.46. The number of hydrogen-bond donors (Lipinski definition) is 2. The van der Waals surface area contributed by atoms with Crippen molar-refractivity contribution in [2.24, 2.45) is 11.7 Å². The van der Waals surface area contributed by atoms with Crippen LogP contribution in [0, 0.1) is 5.92 Å². The first-order chi connectivity index (χ1) is 9.97. The summed E-state index contributed by atoms with van der Waals surface area (Å²) in [6, 6.07) is 3.51. The number of carbonyl (C=O) groups is 1. The second-order valence-electron chi connectivity index (χ2n) is 5.48. The molecule has 116 valence electrons. The first-order valence-corrected chi connectivity index (χ1v) is 7.50. The lowest BCUT2D eigenvalue weighted by Gasteiger charge is -2.14. The van der Waals surface area contributed by atoms with Gasteiger partial charge in [-0.3, -0.25) is 4.79 Å². The SMILES string of the molecule is CC(N)CCCC(C)C(=O)Nc1cc2c(cc1Cl)OCO2. The van der Waals surface area contributed by atoms with Crippen molar-refractivity contribution in [2.75, 3.05) is 12.1 Å². The molecule has 0 saturated carbocycles. The van der Waals surface area contributed by atoms with Gasteiger partial charge in [0.25, 0.3) is 0 Å².